The Balaban J connectivity index is 1.78. The van der Waals surface area contributed by atoms with Crippen LogP contribution in [0.5, 0.6) is 5.75 Å². The molecular formula is C21H23N3O6. The molecule has 2 rings (SSSR count). The number of amides is 3. The zero-order valence-corrected chi connectivity index (χ0v) is 16.7. The van der Waals surface area contributed by atoms with E-state index < -0.39 is 30.9 Å². The van der Waals surface area contributed by atoms with Crippen molar-refractivity contribution in [1.82, 2.24) is 10.6 Å². The number of hydrogen-bond acceptors (Lipinski definition) is 6. The summed E-state index contributed by atoms with van der Waals surface area (Å²) in [6, 6.07) is 12.8. The molecule has 0 spiro atoms. The number of hydrogen-bond donors (Lipinski definition) is 3. The lowest BCUT2D eigenvalue weighted by Gasteiger charge is -2.09. The van der Waals surface area contributed by atoms with Gasteiger partial charge in [0.1, 0.15) is 12.3 Å². The minimum atomic E-state index is -0.766. The molecule has 0 aromatic heterocycles. The molecule has 2 aromatic rings. The minimum absolute atomic E-state index is 0.258. The van der Waals surface area contributed by atoms with Crippen molar-refractivity contribution >= 4 is 29.4 Å². The number of anilines is 1. The van der Waals surface area contributed by atoms with E-state index in [9.17, 15) is 19.2 Å². The van der Waals surface area contributed by atoms with E-state index >= 15 is 0 Å². The van der Waals surface area contributed by atoms with E-state index in [1.165, 1.54) is 19.2 Å². The number of rotatable bonds is 9. The average Bonchev–Trinajstić information content (AvgIpc) is 2.76. The van der Waals surface area contributed by atoms with Crippen molar-refractivity contribution in [3.05, 3.63) is 59.7 Å². The quantitative estimate of drug-likeness (QED) is 0.534. The standard InChI is InChI=1S/C21H23N3O6/c1-3-22-20(27)14-6-4-8-16(10-14)24-18(25)13-30-19(26)12-23-21(28)15-7-5-9-17(11-15)29-2/h4-11H,3,12-13H2,1-2H3,(H,22,27)(H,23,28)(H,24,25). The van der Waals surface area contributed by atoms with E-state index in [4.69, 9.17) is 9.47 Å². The van der Waals surface area contributed by atoms with Crippen molar-refractivity contribution in [3.63, 3.8) is 0 Å². The zero-order chi connectivity index (χ0) is 21.9. The Hall–Kier alpha value is -3.88. The number of carbonyl (C=O) groups is 4. The molecule has 2 aromatic carbocycles. The Morgan fingerprint density at radius 2 is 1.57 bits per heavy atom. The molecule has 30 heavy (non-hydrogen) atoms. The van der Waals surface area contributed by atoms with Gasteiger partial charge in [-0.05, 0) is 43.3 Å². The number of methoxy groups -OCH3 is 1. The van der Waals surface area contributed by atoms with Crippen LogP contribution in [0.3, 0.4) is 0 Å². The Bertz CT molecular complexity index is 928. The highest BCUT2D eigenvalue weighted by molar-refractivity contribution is 5.98. The zero-order valence-electron chi connectivity index (χ0n) is 16.7. The largest absolute Gasteiger partial charge is 0.497 e. The normalized spacial score (nSPS) is 9.93. The number of ether oxygens (including phenoxy) is 2. The molecule has 0 aliphatic heterocycles. The van der Waals surface area contributed by atoms with Crippen LogP contribution in [-0.2, 0) is 14.3 Å². The maximum atomic E-state index is 12.0. The van der Waals surface area contributed by atoms with Gasteiger partial charge in [0, 0.05) is 23.4 Å². The first-order valence-electron chi connectivity index (χ1n) is 9.19. The van der Waals surface area contributed by atoms with Crippen molar-refractivity contribution in [1.29, 1.82) is 0 Å². The Labute approximate surface area is 173 Å². The lowest BCUT2D eigenvalue weighted by Crippen LogP contribution is -2.32. The monoisotopic (exact) mass is 413 g/mol. The lowest BCUT2D eigenvalue weighted by molar-refractivity contribution is -0.146. The van der Waals surface area contributed by atoms with Crippen molar-refractivity contribution < 1.29 is 28.7 Å². The van der Waals surface area contributed by atoms with E-state index in [-0.39, 0.29) is 5.91 Å². The van der Waals surface area contributed by atoms with Gasteiger partial charge in [0.05, 0.1) is 7.11 Å². The van der Waals surface area contributed by atoms with Gasteiger partial charge in [-0.1, -0.05) is 12.1 Å². The first-order valence-corrected chi connectivity index (χ1v) is 9.19. The van der Waals surface area contributed by atoms with Gasteiger partial charge in [-0.15, -0.1) is 0 Å². The summed E-state index contributed by atoms with van der Waals surface area (Å²) in [6.45, 7) is 1.37. The van der Waals surface area contributed by atoms with Crippen molar-refractivity contribution in [2.24, 2.45) is 0 Å². The Kier molecular flexibility index (Phi) is 8.37. The third-order valence-electron chi connectivity index (χ3n) is 3.84. The Morgan fingerprint density at radius 3 is 2.27 bits per heavy atom. The molecule has 0 atom stereocenters. The molecule has 0 saturated heterocycles. The predicted molar refractivity (Wildman–Crippen MR) is 109 cm³/mol. The molecule has 0 radical (unpaired) electrons. The van der Waals surface area contributed by atoms with E-state index in [2.05, 4.69) is 16.0 Å². The number of carbonyl (C=O) groups excluding carboxylic acids is 4. The third-order valence-corrected chi connectivity index (χ3v) is 3.84. The van der Waals surface area contributed by atoms with Crippen LogP contribution in [0.15, 0.2) is 48.5 Å². The maximum Gasteiger partial charge on any atom is 0.325 e. The van der Waals surface area contributed by atoms with Crippen LogP contribution in [0.2, 0.25) is 0 Å². The second-order valence-electron chi connectivity index (χ2n) is 6.06. The fraction of sp³-hybridized carbons (Fsp3) is 0.238. The predicted octanol–water partition coefficient (Wildman–Crippen LogP) is 1.36. The van der Waals surface area contributed by atoms with Gasteiger partial charge in [0.15, 0.2) is 6.61 Å². The van der Waals surface area contributed by atoms with Crippen LogP contribution >= 0.6 is 0 Å². The molecule has 0 bridgehead atoms. The van der Waals surface area contributed by atoms with Crippen molar-refractivity contribution in [3.8, 4) is 5.75 Å². The molecule has 0 fully saturated rings. The van der Waals surface area contributed by atoms with E-state index in [1.807, 2.05) is 0 Å². The first kappa shape index (κ1) is 22.4. The second kappa shape index (κ2) is 11.2. The summed E-state index contributed by atoms with van der Waals surface area (Å²) in [5.74, 6) is -1.56. The van der Waals surface area contributed by atoms with E-state index in [0.717, 1.165) is 0 Å². The smallest absolute Gasteiger partial charge is 0.325 e. The summed E-state index contributed by atoms with van der Waals surface area (Å²) < 4.78 is 9.89. The van der Waals surface area contributed by atoms with Gasteiger partial charge in [0.25, 0.3) is 17.7 Å². The summed E-state index contributed by atoms with van der Waals surface area (Å²) in [6.07, 6.45) is 0. The molecule has 0 unspecified atom stereocenters. The Morgan fingerprint density at radius 1 is 0.900 bits per heavy atom. The summed E-state index contributed by atoms with van der Waals surface area (Å²) in [7, 11) is 1.48. The van der Waals surface area contributed by atoms with Gasteiger partial charge in [-0.2, -0.15) is 0 Å². The van der Waals surface area contributed by atoms with Crippen molar-refractivity contribution in [2.45, 2.75) is 6.92 Å². The number of benzene rings is 2. The molecule has 3 N–H and O–H groups in total. The van der Waals surface area contributed by atoms with Gasteiger partial charge in [0.2, 0.25) is 0 Å². The molecule has 9 nitrogen and oxygen atoms in total. The molecule has 9 heteroatoms. The van der Waals surface area contributed by atoms with Gasteiger partial charge in [-0.3, -0.25) is 19.2 Å². The fourth-order valence-corrected chi connectivity index (χ4v) is 2.41. The lowest BCUT2D eigenvalue weighted by atomic mass is 10.2. The number of nitrogens with one attached hydrogen (secondary N) is 3. The first-order chi connectivity index (χ1) is 14.4. The maximum absolute atomic E-state index is 12.0. The highest BCUT2D eigenvalue weighted by Gasteiger charge is 2.12. The molecule has 3 amide bonds. The summed E-state index contributed by atoms with van der Waals surface area (Å²) >= 11 is 0. The summed E-state index contributed by atoms with van der Waals surface area (Å²) in [5.41, 5.74) is 1.12. The van der Waals surface area contributed by atoms with Crippen LogP contribution in [0, 0.1) is 0 Å². The highest BCUT2D eigenvalue weighted by atomic mass is 16.5. The SMILES string of the molecule is CCNC(=O)c1cccc(NC(=O)COC(=O)CNC(=O)c2cccc(OC)c2)c1. The van der Waals surface area contributed by atoms with Crippen LogP contribution < -0.4 is 20.7 Å². The molecule has 0 heterocycles. The molecular weight excluding hydrogens is 390 g/mol. The summed E-state index contributed by atoms with van der Waals surface area (Å²) in [5, 5.41) is 7.61. The van der Waals surface area contributed by atoms with Crippen molar-refractivity contribution in [2.75, 3.05) is 32.1 Å². The molecule has 158 valence electrons. The van der Waals surface area contributed by atoms with Crippen LogP contribution in [0.25, 0.3) is 0 Å². The van der Waals surface area contributed by atoms with Gasteiger partial charge in [-0.25, -0.2) is 0 Å². The van der Waals surface area contributed by atoms with Crippen LogP contribution in [-0.4, -0.2) is 50.5 Å². The molecule has 0 saturated carbocycles. The fourth-order valence-electron chi connectivity index (χ4n) is 2.41. The topological polar surface area (TPSA) is 123 Å². The van der Waals surface area contributed by atoms with Crippen LogP contribution in [0.1, 0.15) is 27.6 Å². The van der Waals surface area contributed by atoms with Gasteiger partial charge >= 0.3 is 5.97 Å². The van der Waals surface area contributed by atoms with Gasteiger partial charge < -0.3 is 25.4 Å². The third kappa shape index (κ3) is 6.93. The molecule has 0 aliphatic rings. The van der Waals surface area contributed by atoms with E-state index in [1.54, 1.807) is 43.3 Å². The van der Waals surface area contributed by atoms with E-state index in [0.29, 0.717) is 29.1 Å². The second-order valence-corrected chi connectivity index (χ2v) is 6.06. The van der Waals surface area contributed by atoms with Crippen LogP contribution in [0.4, 0.5) is 5.69 Å². The number of esters is 1. The summed E-state index contributed by atoms with van der Waals surface area (Å²) in [4.78, 5) is 47.6. The highest BCUT2D eigenvalue weighted by Crippen LogP contribution is 2.12. The molecule has 0 aliphatic carbocycles. The minimum Gasteiger partial charge on any atom is -0.497 e. The average molecular weight is 413 g/mol.